The fraction of sp³-hybridized carbons (Fsp3) is 0.500. The van der Waals surface area contributed by atoms with Crippen LogP contribution in [0.25, 0.3) is 0 Å². The van der Waals surface area contributed by atoms with E-state index in [1.54, 1.807) is 0 Å². The number of carbonyl (C=O) groups is 1. The van der Waals surface area contributed by atoms with Crippen LogP contribution < -0.4 is 5.73 Å². The first kappa shape index (κ1) is 14.2. The molecule has 0 bridgehead atoms. The Labute approximate surface area is 116 Å². The van der Waals surface area contributed by atoms with Gasteiger partial charge in [-0.25, -0.2) is 0 Å². The van der Waals surface area contributed by atoms with Crippen LogP contribution in [0.3, 0.4) is 0 Å². The molecule has 0 saturated carbocycles. The van der Waals surface area contributed by atoms with Crippen LogP contribution in [0.4, 0.5) is 0 Å². The van der Waals surface area contributed by atoms with E-state index in [1.807, 2.05) is 30.3 Å². The summed E-state index contributed by atoms with van der Waals surface area (Å²) < 4.78 is 12.1. The molecule has 19 heavy (non-hydrogen) atoms. The number of likely N-dealkylation sites (tertiary alicyclic amines) is 1. The number of nitrogens with zero attached hydrogens (tertiary/aromatic N) is 1. The van der Waals surface area contributed by atoms with E-state index < -0.39 is 10.8 Å². The molecule has 1 unspecified atom stereocenters. The van der Waals surface area contributed by atoms with E-state index in [0.29, 0.717) is 5.75 Å². The van der Waals surface area contributed by atoms with Gasteiger partial charge in [-0.1, -0.05) is 18.2 Å². The summed E-state index contributed by atoms with van der Waals surface area (Å²) in [4.78, 5) is 14.2. The van der Waals surface area contributed by atoms with E-state index in [0.717, 1.165) is 37.4 Å². The molecule has 104 valence electrons. The first-order chi connectivity index (χ1) is 9.16. The van der Waals surface area contributed by atoms with Gasteiger partial charge < -0.3 is 10.6 Å². The van der Waals surface area contributed by atoms with Crippen molar-refractivity contribution in [1.29, 1.82) is 0 Å². The molecule has 5 heteroatoms. The summed E-state index contributed by atoms with van der Waals surface area (Å²) in [6.45, 7) is 2.56. The van der Waals surface area contributed by atoms with Crippen LogP contribution in [0.2, 0.25) is 0 Å². The van der Waals surface area contributed by atoms with Gasteiger partial charge in [0.25, 0.3) is 0 Å². The van der Waals surface area contributed by atoms with Gasteiger partial charge in [-0.3, -0.25) is 9.00 Å². The maximum atomic E-state index is 12.1. The first-order valence-corrected chi connectivity index (χ1v) is 7.94. The highest BCUT2D eigenvalue weighted by molar-refractivity contribution is 7.85. The number of carbonyl (C=O) groups excluding carboxylic acids is 1. The normalized spacial score (nSPS) is 19.2. The molecular formula is C14H20N2O2S. The molecule has 1 heterocycles. The van der Waals surface area contributed by atoms with Crippen molar-refractivity contribution < 1.29 is 9.00 Å². The van der Waals surface area contributed by atoms with Crippen LogP contribution in [0, 0.1) is 5.92 Å². The van der Waals surface area contributed by atoms with Gasteiger partial charge in [-0.2, -0.15) is 0 Å². The predicted octanol–water partition coefficient (Wildman–Crippen LogP) is 0.991. The van der Waals surface area contributed by atoms with Crippen molar-refractivity contribution in [1.82, 2.24) is 4.90 Å². The SMILES string of the molecule is NC(=O)C1CCN(CCS(=O)c2ccccc2)CC1. The van der Waals surface area contributed by atoms with Crippen molar-refractivity contribution in [2.45, 2.75) is 17.7 Å². The molecule has 1 fully saturated rings. The summed E-state index contributed by atoms with van der Waals surface area (Å²) >= 11 is 0. The van der Waals surface area contributed by atoms with E-state index >= 15 is 0 Å². The minimum absolute atomic E-state index is 0.0240. The summed E-state index contributed by atoms with van der Waals surface area (Å²) in [7, 11) is -0.936. The van der Waals surface area contributed by atoms with E-state index in [9.17, 15) is 9.00 Å². The lowest BCUT2D eigenvalue weighted by Gasteiger charge is -2.30. The Morgan fingerprint density at radius 2 is 1.89 bits per heavy atom. The van der Waals surface area contributed by atoms with Crippen molar-refractivity contribution >= 4 is 16.7 Å². The fourth-order valence-corrected chi connectivity index (χ4v) is 3.46. The second-order valence-electron chi connectivity index (χ2n) is 4.88. The minimum atomic E-state index is -0.936. The molecule has 0 aromatic heterocycles. The third-order valence-corrected chi connectivity index (χ3v) is 4.94. The first-order valence-electron chi connectivity index (χ1n) is 6.62. The Kier molecular flexibility index (Phi) is 5.10. The van der Waals surface area contributed by atoms with Gasteiger partial charge in [0.05, 0.1) is 10.8 Å². The highest BCUT2D eigenvalue weighted by Gasteiger charge is 2.23. The molecule has 4 nitrogen and oxygen atoms in total. The quantitative estimate of drug-likeness (QED) is 0.875. The predicted molar refractivity (Wildman–Crippen MR) is 76.1 cm³/mol. The third kappa shape index (κ3) is 4.14. The largest absolute Gasteiger partial charge is 0.369 e. The fourth-order valence-electron chi connectivity index (χ4n) is 2.34. The van der Waals surface area contributed by atoms with Crippen LogP contribution in [0.15, 0.2) is 35.2 Å². The molecule has 1 aliphatic rings. The minimum Gasteiger partial charge on any atom is -0.369 e. The molecule has 1 atom stereocenters. The van der Waals surface area contributed by atoms with Crippen LogP contribution in [0.1, 0.15) is 12.8 Å². The second-order valence-corrected chi connectivity index (χ2v) is 6.45. The zero-order valence-corrected chi connectivity index (χ0v) is 11.8. The molecule has 1 saturated heterocycles. The number of nitrogens with two attached hydrogens (primary N) is 1. The number of rotatable bonds is 5. The number of hydrogen-bond donors (Lipinski definition) is 1. The van der Waals surface area contributed by atoms with E-state index in [2.05, 4.69) is 4.90 Å². The average Bonchev–Trinajstić information content (AvgIpc) is 2.46. The van der Waals surface area contributed by atoms with E-state index in [4.69, 9.17) is 5.73 Å². The van der Waals surface area contributed by atoms with Crippen LogP contribution >= 0.6 is 0 Å². The zero-order chi connectivity index (χ0) is 13.7. The number of benzene rings is 1. The van der Waals surface area contributed by atoms with Crippen LogP contribution in [-0.2, 0) is 15.6 Å². The lowest BCUT2D eigenvalue weighted by Crippen LogP contribution is -2.40. The lowest BCUT2D eigenvalue weighted by molar-refractivity contribution is -0.123. The van der Waals surface area contributed by atoms with Gasteiger partial charge in [-0.05, 0) is 38.1 Å². The molecule has 1 amide bonds. The Balaban J connectivity index is 1.75. The Bertz CT molecular complexity index is 442. The van der Waals surface area contributed by atoms with Gasteiger partial charge in [0.1, 0.15) is 0 Å². The summed E-state index contributed by atoms with van der Waals surface area (Å²) in [6, 6.07) is 9.54. The highest BCUT2D eigenvalue weighted by atomic mass is 32.2. The third-order valence-electron chi connectivity index (χ3n) is 3.59. The summed E-state index contributed by atoms with van der Waals surface area (Å²) in [6.07, 6.45) is 1.65. The van der Waals surface area contributed by atoms with Crippen molar-refractivity contribution in [3.8, 4) is 0 Å². The molecule has 0 radical (unpaired) electrons. The maximum absolute atomic E-state index is 12.1. The standard InChI is InChI=1S/C14H20N2O2S/c15-14(17)12-6-8-16(9-7-12)10-11-19(18)13-4-2-1-3-5-13/h1-5,12H,6-11H2,(H2,15,17). The molecular weight excluding hydrogens is 260 g/mol. The summed E-state index contributed by atoms with van der Waals surface area (Å²) in [5.41, 5.74) is 5.30. The van der Waals surface area contributed by atoms with Crippen LogP contribution in [0.5, 0.6) is 0 Å². The van der Waals surface area contributed by atoms with Crippen LogP contribution in [-0.4, -0.2) is 40.4 Å². The number of amides is 1. The zero-order valence-electron chi connectivity index (χ0n) is 11.0. The van der Waals surface area contributed by atoms with Crippen molar-refractivity contribution in [3.63, 3.8) is 0 Å². The van der Waals surface area contributed by atoms with Crippen molar-refractivity contribution in [2.24, 2.45) is 11.7 Å². The smallest absolute Gasteiger partial charge is 0.220 e. The lowest BCUT2D eigenvalue weighted by atomic mass is 9.96. The maximum Gasteiger partial charge on any atom is 0.220 e. The molecule has 0 spiro atoms. The number of primary amides is 1. The van der Waals surface area contributed by atoms with Crippen molar-refractivity contribution in [2.75, 3.05) is 25.4 Å². The van der Waals surface area contributed by atoms with Crippen molar-refractivity contribution in [3.05, 3.63) is 30.3 Å². The monoisotopic (exact) mass is 280 g/mol. The molecule has 2 N–H and O–H groups in total. The van der Waals surface area contributed by atoms with Gasteiger partial charge in [0, 0.05) is 23.1 Å². The molecule has 0 aliphatic carbocycles. The molecule has 2 rings (SSSR count). The Hall–Kier alpha value is -1.20. The second kappa shape index (κ2) is 6.82. The number of hydrogen-bond acceptors (Lipinski definition) is 3. The van der Waals surface area contributed by atoms with E-state index in [1.165, 1.54) is 0 Å². The average molecular weight is 280 g/mol. The molecule has 1 aromatic carbocycles. The van der Waals surface area contributed by atoms with Gasteiger partial charge in [0.15, 0.2) is 0 Å². The highest BCUT2D eigenvalue weighted by Crippen LogP contribution is 2.16. The van der Waals surface area contributed by atoms with Gasteiger partial charge in [-0.15, -0.1) is 0 Å². The molecule has 1 aliphatic heterocycles. The summed E-state index contributed by atoms with van der Waals surface area (Å²) in [5, 5.41) is 0. The molecule has 1 aromatic rings. The number of piperidine rings is 1. The summed E-state index contributed by atoms with van der Waals surface area (Å²) in [5.74, 6) is 0.481. The topological polar surface area (TPSA) is 63.4 Å². The van der Waals surface area contributed by atoms with Gasteiger partial charge in [0.2, 0.25) is 5.91 Å². The Morgan fingerprint density at radius 3 is 2.47 bits per heavy atom. The Morgan fingerprint density at radius 1 is 1.26 bits per heavy atom. The van der Waals surface area contributed by atoms with Gasteiger partial charge >= 0.3 is 0 Å². The van der Waals surface area contributed by atoms with E-state index in [-0.39, 0.29) is 11.8 Å².